The van der Waals surface area contributed by atoms with E-state index in [1.165, 1.54) is 20.0 Å². The van der Waals surface area contributed by atoms with Crippen molar-refractivity contribution in [2.45, 2.75) is 31.8 Å². The first-order valence-electron chi connectivity index (χ1n) is 5.17. The molecule has 1 fully saturated rings. The van der Waals surface area contributed by atoms with Crippen LogP contribution in [0.15, 0.2) is 0 Å². The van der Waals surface area contributed by atoms with Gasteiger partial charge in [0.1, 0.15) is 6.61 Å². The van der Waals surface area contributed by atoms with Crippen LogP contribution in [0.5, 0.6) is 0 Å². The van der Waals surface area contributed by atoms with Crippen LogP contribution in [-0.4, -0.2) is 37.4 Å². The predicted molar refractivity (Wildman–Crippen MR) is 52.9 cm³/mol. The fraction of sp³-hybridized carbons (Fsp3) is 0.900. The Morgan fingerprint density at radius 3 is 2.79 bits per heavy atom. The van der Waals surface area contributed by atoms with Crippen LogP contribution in [0.3, 0.4) is 0 Å². The number of amides is 1. The van der Waals surface area contributed by atoms with Crippen molar-refractivity contribution in [3.05, 3.63) is 0 Å². The summed E-state index contributed by atoms with van der Waals surface area (Å²) in [5, 5.41) is 12.4. The minimum absolute atomic E-state index is 0.0669. The van der Waals surface area contributed by atoms with Crippen LogP contribution >= 0.6 is 0 Å². The van der Waals surface area contributed by atoms with Crippen molar-refractivity contribution in [1.82, 2.24) is 5.32 Å². The van der Waals surface area contributed by atoms with Gasteiger partial charge in [-0.2, -0.15) is 0 Å². The fourth-order valence-corrected chi connectivity index (χ4v) is 1.91. The molecule has 1 saturated carbocycles. The predicted octanol–water partition coefficient (Wildman–Crippen LogP) is 0.300. The number of carbonyl (C=O) groups excluding carboxylic acids is 1. The molecule has 1 rings (SSSR count). The number of hydrogen-bond acceptors (Lipinski definition) is 3. The number of hydrogen-bond donors (Lipinski definition) is 2. The van der Waals surface area contributed by atoms with E-state index in [1.54, 1.807) is 0 Å². The first kappa shape index (κ1) is 11.5. The summed E-state index contributed by atoms with van der Waals surface area (Å²) in [6, 6.07) is 0. The lowest BCUT2D eigenvalue weighted by Crippen LogP contribution is -2.37. The standard InChI is InChI=1S/C10H19NO3/c1-14-7-10(13)11-6-9(12)8-4-2-3-5-8/h8-9,12H,2-7H2,1H3,(H,11,13). The Kier molecular flexibility index (Phi) is 4.90. The Balaban J connectivity index is 2.13. The summed E-state index contributed by atoms with van der Waals surface area (Å²) in [5.74, 6) is 0.211. The van der Waals surface area contributed by atoms with E-state index < -0.39 is 6.10 Å². The first-order chi connectivity index (χ1) is 6.74. The third-order valence-corrected chi connectivity index (χ3v) is 2.73. The Labute approximate surface area is 84.6 Å². The molecule has 0 spiro atoms. The first-order valence-corrected chi connectivity index (χ1v) is 5.17. The Bertz CT molecular complexity index is 178. The zero-order valence-corrected chi connectivity index (χ0v) is 8.66. The molecule has 1 atom stereocenters. The second kappa shape index (κ2) is 5.98. The number of rotatable bonds is 5. The highest BCUT2D eigenvalue weighted by atomic mass is 16.5. The quantitative estimate of drug-likeness (QED) is 0.672. The highest BCUT2D eigenvalue weighted by Crippen LogP contribution is 2.27. The Morgan fingerprint density at radius 2 is 2.21 bits per heavy atom. The van der Waals surface area contributed by atoms with E-state index in [9.17, 15) is 9.90 Å². The number of carbonyl (C=O) groups is 1. The maximum Gasteiger partial charge on any atom is 0.246 e. The normalized spacial score (nSPS) is 19.6. The van der Waals surface area contributed by atoms with E-state index in [1.807, 2.05) is 0 Å². The zero-order valence-electron chi connectivity index (χ0n) is 8.66. The molecule has 0 radical (unpaired) electrons. The molecule has 82 valence electrons. The van der Waals surface area contributed by atoms with Gasteiger partial charge in [0.2, 0.25) is 5.91 Å². The van der Waals surface area contributed by atoms with Gasteiger partial charge >= 0.3 is 0 Å². The minimum Gasteiger partial charge on any atom is -0.391 e. The lowest BCUT2D eigenvalue weighted by atomic mass is 10.0. The van der Waals surface area contributed by atoms with E-state index in [-0.39, 0.29) is 12.5 Å². The molecule has 0 aromatic carbocycles. The summed E-state index contributed by atoms with van der Waals surface area (Å²) in [6.07, 6.45) is 4.18. The van der Waals surface area contributed by atoms with Gasteiger partial charge in [0.25, 0.3) is 0 Å². The van der Waals surface area contributed by atoms with Crippen molar-refractivity contribution in [1.29, 1.82) is 0 Å². The minimum atomic E-state index is -0.390. The maximum atomic E-state index is 11.0. The number of nitrogens with one attached hydrogen (secondary N) is 1. The largest absolute Gasteiger partial charge is 0.391 e. The van der Waals surface area contributed by atoms with E-state index in [0.717, 1.165) is 12.8 Å². The van der Waals surface area contributed by atoms with Crippen LogP contribution in [0.25, 0.3) is 0 Å². The molecule has 4 heteroatoms. The van der Waals surface area contributed by atoms with Crippen molar-refractivity contribution in [2.75, 3.05) is 20.3 Å². The fourth-order valence-electron chi connectivity index (χ4n) is 1.91. The number of ether oxygens (including phenoxy) is 1. The van der Waals surface area contributed by atoms with Crippen LogP contribution in [-0.2, 0) is 9.53 Å². The molecule has 1 amide bonds. The van der Waals surface area contributed by atoms with Crippen LogP contribution in [0.1, 0.15) is 25.7 Å². The lowest BCUT2D eigenvalue weighted by molar-refractivity contribution is -0.125. The lowest BCUT2D eigenvalue weighted by Gasteiger charge is -2.17. The molecular formula is C10H19NO3. The molecule has 1 aliphatic carbocycles. The van der Waals surface area contributed by atoms with Crippen molar-refractivity contribution in [3.63, 3.8) is 0 Å². The van der Waals surface area contributed by atoms with Crippen molar-refractivity contribution >= 4 is 5.91 Å². The molecule has 0 saturated heterocycles. The molecule has 0 bridgehead atoms. The number of aliphatic hydroxyl groups excluding tert-OH is 1. The van der Waals surface area contributed by atoms with Gasteiger partial charge in [-0.25, -0.2) is 0 Å². The second-order valence-corrected chi connectivity index (χ2v) is 3.85. The second-order valence-electron chi connectivity index (χ2n) is 3.85. The van der Waals surface area contributed by atoms with E-state index in [2.05, 4.69) is 10.1 Å². The van der Waals surface area contributed by atoms with Gasteiger partial charge in [0.15, 0.2) is 0 Å². The van der Waals surface area contributed by atoms with Gasteiger partial charge in [-0.3, -0.25) is 4.79 Å². The third-order valence-electron chi connectivity index (χ3n) is 2.73. The smallest absolute Gasteiger partial charge is 0.246 e. The van der Waals surface area contributed by atoms with Gasteiger partial charge < -0.3 is 15.2 Å². The van der Waals surface area contributed by atoms with Gasteiger partial charge in [-0.05, 0) is 18.8 Å². The topological polar surface area (TPSA) is 58.6 Å². The van der Waals surface area contributed by atoms with Crippen molar-refractivity contribution < 1.29 is 14.6 Å². The van der Waals surface area contributed by atoms with Crippen LogP contribution in [0, 0.1) is 5.92 Å². The summed E-state index contributed by atoms with van der Waals surface area (Å²) in [4.78, 5) is 11.0. The van der Waals surface area contributed by atoms with Gasteiger partial charge in [-0.15, -0.1) is 0 Å². The summed E-state index contributed by atoms with van der Waals surface area (Å²) >= 11 is 0. The summed E-state index contributed by atoms with van der Waals surface area (Å²) in [5.41, 5.74) is 0. The zero-order chi connectivity index (χ0) is 10.4. The molecule has 4 nitrogen and oxygen atoms in total. The monoisotopic (exact) mass is 201 g/mol. The van der Waals surface area contributed by atoms with Gasteiger partial charge in [0, 0.05) is 13.7 Å². The van der Waals surface area contributed by atoms with E-state index in [4.69, 9.17) is 0 Å². The summed E-state index contributed by atoms with van der Waals surface area (Å²) in [6.45, 7) is 0.421. The Hall–Kier alpha value is -0.610. The summed E-state index contributed by atoms with van der Waals surface area (Å²) in [7, 11) is 1.48. The molecular weight excluding hydrogens is 182 g/mol. The molecule has 1 aliphatic rings. The molecule has 14 heavy (non-hydrogen) atoms. The van der Waals surface area contributed by atoms with Gasteiger partial charge in [-0.1, -0.05) is 12.8 Å². The molecule has 0 aromatic heterocycles. The SMILES string of the molecule is COCC(=O)NCC(O)C1CCCC1. The summed E-state index contributed by atoms with van der Waals surface area (Å²) < 4.78 is 4.67. The van der Waals surface area contributed by atoms with E-state index >= 15 is 0 Å². The molecule has 0 heterocycles. The van der Waals surface area contributed by atoms with Crippen LogP contribution < -0.4 is 5.32 Å². The molecule has 2 N–H and O–H groups in total. The van der Waals surface area contributed by atoms with Crippen molar-refractivity contribution in [3.8, 4) is 0 Å². The Morgan fingerprint density at radius 1 is 1.57 bits per heavy atom. The van der Waals surface area contributed by atoms with E-state index in [0.29, 0.717) is 12.5 Å². The molecule has 1 unspecified atom stereocenters. The van der Waals surface area contributed by atoms with Gasteiger partial charge in [0.05, 0.1) is 6.10 Å². The number of methoxy groups -OCH3 is 1. The average Bonchev–Trinajstić information content (AvgIpc) is 2.67. The molecule has 0 aliphatic heterocycles. The third kappa shape index (κ3) is 3.64. The maximum absolute atomic E-state index is 11.0. The average molecular weight is 201 g/mol. The number of aliphatic hydroxyl groups is 1. The van der Waals surface area contributed by atoms with Crippen molar-refractivity contribution in [2.24, 2.45) is 5.92 Å². The van der Waals surface area contributed by atoms with Crippen LogP contribution in [0.2, 0.25) is 0 Å². The highest BCUT2D eigenvalue weighted by Gasteiger charge is 2.23. The highest BCUT2D eigenvalue weighted by molar-refractivity contribution is 5.77. The molecule has 0 aromatic rings. The van der Waals surface area contributed by atoms with Crippen LogP contribution in [0.4, 0.5) is 0 Å².